The van der Waals surface area contributed by atoms with Crippen LogP contribution in [0.25, 0.3) is 0 Å². The molecule has 1 saturated heterocycles. The van der Waals surface area contributed by atoms with Gasteiger partial charge in [-0.1, -0.05) is 120 Å². The number of aliphatic hydroxyl groups excluding tert-OH is 2. The standard InChI is InChI=1S/C32H58Cl3NO10Si/c1-6-8-9-10-11-12-13-14-15-17-23(44-25(38)16-7-2)20-26(39)46-29-27(36-31(41)43-22-32(33,34)35)30(42-18-19-47(3,4)5)45-24(21-37)28(29)40/h23-24,27-30,37,40H,6-22H2,1-5H3,(H,36,41)/t23-,24-,27-,28-,29-,30-/m1/s1. The Labute approximate surface area is 297 Å². The van der Waals surface area contributed by atoms with Gasteiger partial charge in [-0.15, -0.1) is 0 Å². The zero-order valence-corrected chi connectivity index (χ0v) is 32.0. The Morgan fingerprint density at radius 1 is 0.936 bits per heavy atom. The second-order valence-electron chi connectivity index (χ2n) is 13.4. The average Bonchev–Trinajstić information content (AvgIpc) is 2.97. The molecule has 11 nitrogen and oxygen atoms in total. The van der Waals surface area contributed by atoms with Crippen LogP contribution in [0, 0.1) is 0 Å². The van der Waals surface area contributed by atoms with Crippen molar-refractivity contribution in [2.45, 2.75) is 164 Å². The van der Waals surface area contributed by atoms with Crippen molar-refractivity contribution in [3.05, 3.63) is 0 Å². The van der Waals surface area contributed by atoms with E-state index in [-0.39, 0.29) is 19.4 Å². The van der Waals surface area contributed by atoms with Crippen molar-refractivity contribution in [3.63, 3.8) is 0 Å². The Kier molecular flexibility index (Phi) is 22.1. The Morgan fingerprint density at radius 2 is 1.55 bits per heavy atom. The van der Waals surface area contributed by atoms with Crippen LogP contribution in [0.5, 0.6) is 0 Å². The smallest absolute Gasteiger partial charge is 0.407 e. The van der Waals surface area contributed by atoms with E-state index in [2.05, 4.69) is 31.9 Å². The van der Waals surface area contributed by atoms with Gasteiger partial charge in [0.25, 0.3) is 0 Å². The van der Waals surface area contributed by atoms with Crippen LogP contribution in [-0.4, -0.2) is 96.7 Å². The fraction of sp³-hybridized carbons (Fsp3) is 0.906. The molecule has 0 spiro atoms. The van der Waals surface area contributed by atoms with Gasteiger partial charge in [0.05, 0.1) is 13.0 Å². The van der Waals surface area contributed by atoms with Crippen LogP contribution in [0.3, 0.4) is 0 Å². The second-order valence-corrected chi connectivity index (χ2v) is 21.5. The summed E-state index contributed by atoms with van der Waals surface area (Å²) in [4.78, 5) is 38.4. The number of ether oxygens (including phenoxy) is 5. The molecule has 1 rings (SSSR count). The van der Waals surface area contributed by atoms with E-state index in [0.29, 0.717) is 12.8 Å². The van der Waals surface area contributed by atoms with Crippen molar-refractivity contribution in [1.82, 2.24) is 5.32 Å². The third kappa shape index (κ3) is 20.4. The topological polar surface area (TPSA) is 150 Å². The maximum absolute atomic E-state index is 13.3. The molecule has 0 aromatic rings. The molecule has 6 atom stereocenters. The molecule has 1 aliphatic rings. The molecular formula is C32H58Cl3NO10Si. The summed E-state index contributed by atoms with van der Waals surface area (Å²) in [6, 6.07) is -0.503. The van der Waals surface area contributed by atoms with E-state index in [1.165, 1.54) is 32.1 Å². The van der Waals surface area contributed by atoms with Gasteiger partial charge in [0, 0.05) is 21.1 Å². The lowest BCUT2D eigenvalue weighted by Crippen LogP contribution is -2.66. The van der Waals surface area contributed by atoms with Gasteiger partial charge in [0.2, 0.25) is 3.79 Å². The molecule has 3 N–H and O–H groups in total. The van der Waals surface area contributed by atoms with Crippen LogP contribution in [0.15, 0.2) is 0 Å². The van der Waals surface area contributed by atoms with Crippen molar-refractivity contribution < 1.29 is 48.3 Å². The number of alkyl carbamates (subject to hydrolysis) is 1. The highest BCUT2D eigenvalue weighted by Crippen LogP contribution is 2.28. The van der Waals surface area contributed by atoms with Gasteiger partial charge in [0.15, 0.2) is 12.4 Å². The molecule has 1 fully saturated rings. The van der Waals surface area contributed by atoms with Crippen molar-refractivity contribution in [3.8, 4) is 0 Å². The van der Waals surface area contributed by atoms with Crippen molar-refractivity contribution in [2.24, 2.45) is 0 Å². The first-order chi connectivity index (χ1) is 22.1. The minimum Gasteiger partial charge on any atom is -0.462 e. The van der Waals surface area contributed by atoms with E-state index in [9.17, 15) is 24.6 Å². The Hall–Kier alpha value is -0.863. The lowest BCUT2D eigenvalue weighted by Gasteiger charge is -2.43. The number of alkyl halides is 3. The summed E-state index contributed by atoms with van der Waals surface area (Å²) in [5.41, 5.74) is 0. The molecule has 15 heteroatoms. The Bertz CT molecular complexity index is 905. The molecule has 47 heavy (non-hydrogen) atoms. The molecular weight excluding hydrogens is 693 g/mol. The number of carbonyl (C=O) groups is 3. The second kappa shape index (κ2) is 23.5. The highest BCUT2D eigenvalue weighted by atomic mass is 35.6. The summed E-state index contributed by atoms with van der Waals surface area (Å²) in [6.07, 6.45) is 4.00. The van der Waals surface area contributed by atoms with Crippen LogP contribution in [0.2, 0.25) is 25.7 Å². The van der Waals surface area contributed by atoms with Crippen LogP contribution >= 0.6 is 34.8 Å². The first kappa shape index (κ1) is 44.2. The molecule has 0 radical (unpaired) electrons. The lowest BCUT2D eigenvalue weighted by atomic mass is 9.96. The van der Waals surface area contributed by atoms with Crippen molar-refractivity contribution >= 4 is 60.9 Å². The third-order valence-corrected chi connectivity index (χ3v) is 9.71. The number of rotatable bonds is 23. The van der Waals surface area contributed by atoms with Gasteiger partial charge in [-0.25, -0.2) is 4.79 Å². The quantitative estimate of drug-likeness (QED) is 0.0334. The van der Waals surface area contributed by atoms with Crippen molar-refractivity contribution in [1.29, 1.82) is 0 Å². The number of halogens is 3. The fourth-order valence-corrected chi connectivity index (χ4v) is 5.92. The number of aliphatic hydroxyl groups is 2. The molecule has 0 aromatic carbocycles. The minimum atomic E-state index is -1.88. The van der Waals surface area contributed by atoms with Gasteiger partial charge in [-0.2, -0.15) is 0 Å². The summed E-state index contributed by atoms with van der Waals surface area (Å²) in [7, 11) is -1.54. The normalized spacial score (nSPS) is 22.4. The average molecular weight is 751 g/mol. The summed E-state index contributed by atoms with van der Waals surface area (Å²) in [6.45, 7) is 9.60. The van der Waals surface area contributed by atoms with E-state index in [0.717, 1.165) is 31.7 Å². The van der Waals surface area contributed by atoms with Crippen LogP contribution in [0.1, 0.15) is 97.3 Å². The van der Waals surface area contributed by atoms with E-state index >= 15 is 0 Å². The van der Waals surface area contributed by atoms with Gasteiger partial charge in [0.1, 0.15) is 31.0 Å². The monoisotopic (exact) mass is 749 g/mol. The maximum atomic E-state index is 13.3. The number of esters is 2. The summed E-state index contributed by atoms with van der Waals surface area (Å²) < 4.78 is 26.3. The highest BCUT2D eigenvalue weighted by Gasteiger charge is 2.49. The zero-order chi connectivity index (χ0) is 35.5. The summed E-state index contributed by atoms with van der Waals surface area (Å²) in [5.74, 6) is -1.17. The zero-order valence-electron chi connectivity index (χ0n) is 28.8. The number of hydrogen-bond acceptors (Lipinski definition) is 10. The van der Waals surface area contributed by atoms with Crippen molar-refractivity contribution in [2.75, 3.05) is 19.8 Å². The maximum Gasteiger partial charge on any atom is 0.407 e. The van der Waals surface area contributed by atoms with Gasteiger partial charge < -0.3 is 39.2 Å². The Balaban J connectivity index is 3.03. The van der Waals surface area contributed by atoms with Crippen LogP contribution in [0.4, 0.5) is 4.79 Å². The molecule has 1 amide bonds. The molecule has 1 aliphatic heterocycles. The molecule has 1 heterocycles. The van der Waals surface area contributed by atoms with E-state index in [4.69, 9.17) is 58.5 Å². The fourth-order valence-electron chi connectivity index (χ4n) is 5.03. The molecule has 0 bridgehead atoms. The number of unbranched alkanes of at least 4 members (excludes halogenated alkanes) is 8. The molecule has 0 unspecified atom stereocenters. The largest absolute Gasteiger partial charge is 0.462 e. The first-order valence-electron chi connectivity index (χ1n) is 17.0. The Morgan fingerprint density at radius 3 is 2.11 bits per heavy atom. The summed E-state index contributed by atoms with van der Waals surface area (Å²) in [5, 5.41) is 23.5. The molecule has 0 aliphatic carbocycles. The number of hydrogen-bond donors (Lipinski definition) is 3. The summed E-state index contributed by atoms with van der Waals surface area (Å²) >= 11 is 17.1. The molecule has 0 aromatic heterocycles. The number of amides is 1. The number of carbonyl (C=O) groups excluding carboxylic acids is 3. The van der Waals surface area contributed by atoms with E-state index in [1.807, 2.05) is 6.92 Å². The minimum absolute atomic E-state index is 0.221. The predicted molar refractivity (Wildman–Crippen MR) is 186 cm³/mol. The third-order valence-electron chi connectivity index (χ3n) is 7.68. The van der Waals surface area contributed by atoms with Gasteiger partial charge in [-0.05, 0) is 25.3 Å². The van der Waals surface area contributed by atoms with Crippen LogP contribution in [-0.2, 0) is 33.3 Å². The molecule has 0 saturated carbocycles. The number of nitrogens with one attached hydrogen (secondary N) is 1. The van der Waals surface area contributed by atoms with Gasteiger partial charge in [-0.3, -0.25) is 9.59 Å². The highest BCUT2D eigenvalue weighted by molar-refractivity contribution is 6.76. The van der Waals surface area contributed by atoms with E-state index < -0.39 is 79.9 Å². The van der Waals surface area contributed by atoms with E-state index in [1.54, 1.807) is 0 Å². The molecule has 276 valence electrons. The van der Waals surface area contributed by atoms with Gasteiger partial charge >= 0.3 is 18.0 Å². The first-order valence-corrected chi connectivity index (χ1v) is 21.9. The lowest BCUT2D eigenvalue weighted by molar-refractivity contribution is -0.272. The predicted octanol–water partition coefficient (Wildman–Crippen LogP) is 6.82. The SMILES string of the molecule is CCCCCCCCCCC[C@H](CC(=O)O[C@H]1[C@H](O)[C@@H](CO)O[C@@H](OCC[Si](C)(C)C)[C@@H]1NC(=O)OCC(Cl)(Cl)Cl)OC(=O)CCC. The van der Waals surface area contributed by atoms with Crippen LogP contribution < -0.4 is 5.32 Å².